The summed E-state index contributed by atoms with van der Waals surface area (Å²) in [5, 5.41) is 2.34. The number of nitrogens with two attached hydrogens (primary N) is 1. The molecule has 2 N–H and O–H groups in total. The molecule has 0 saturated carbocycles. The molecule has 0 unspecified atom stereocenters. The summed E-state index contributed by atoms with van der Waals surface area (Å²) in [6.07, 6.45) is 1.29. The van der Waals surface area contributed by atoms with Crippen LogP contribution in [0.25, 0.3) is 0 Å². The number of quaternary nitrogens is 1. The molecule has 19 heavy (non-hydrogen) atoms. The monoisotopic (exact) mass is 252 g/mol. The van der Waals surface area contributed by atoms with Gasteiger partial charge in [-0.3, -0.25) is 4.79 Å². The lowest BCUT2D eigenvalue weighted by Gasteiger charge is -2.27. The minimum atomic E-state index is 0.257. The third-order valence-corrected chi connectivity index (χ3v) is 3.82. The van der Waals surface area contributed by atoms with E-state index in [2.05, 4.69) is 29.6 Å². The van der Waals surface area contributed by atoms with Gasteiger partial charge in [-0.05, 0) is 0 Å². The van der Waals surface area contributed by atoms with Gasteiger partial charge in [-0.2, -0.15) is 0 Å². The van der Waals surface area contributed by atoms with Crippen molar-refractivity contribution in [2.24, 2.45) is 0 Å². The van der Waals surface area contributed by atoms with Gasteiger partial charge in [0.05, 0.1) is 12.8 Å². The fourth-order valence-electron chi connectivity index (χ4n) is 2.85. The van der Waals surface area contributed by atoms with Crippen LogP contribution in [0.4, 0.5) is 0 Å². The van der Waals surface area contributed by atoms with E-state index in [4.69, 9.17) is 0 Å². The zero-order valence-electron chi connectivity index (χ0n) is 10.8. The van der Waals surface area contributed by atoms with Crippen LogP contribution in [0.15, 0.2) is 60.7 Å². The fraction of sp³-hybridized carbons (Fsp3) is 0.235. The van der Waals surface area contributed by atoms with Gasteiger partial charge in [0.1, 0.15) is 17.9 Å². The second-order valence-electron chi connectivity index (χ2n) is 5.17. The summed E-state index contributed by atoms with van der Waals surface area (Å²) in [7, 11) is 0. The molecule has 3 rings (SSSR count). The Kier molecular flexibility index (Phi) is 3.43. The summed E-state index contributed by atoms with van der Waals surface area (Å²) >= 11 is 0. The second kappa shape index (κ2) is 5.37. The van der Waals surface area contributed by atoms with E-state index in [1.54, 1.807) is 0 Å². The molecular formula is C17H18NO+. The van der Waals surface area contributed by atoms with Crippen molar-refractivity contribution in [1.29, 1.82) is 0 Å². The molecule has 96 valence electrons. The normalized spacial score (nSPS) is 23.3. The number of ketones is 1. The topological polar surface area (TPSA) is 33.7 Å². The Morgan fingerprint density at radius 2 is 1.16 bits per heavy atom. The molecule has 2 atom stereocenters. The van der Waals surface area contributed by atoms with Gasteiger partial charge in [-0.15, -0.1) is 0 Å². The van der Waals surface area contributed by atoms with Crippen LogP contribution >= 0.6 is 0 Å². The Balaban J connectivity index is 1.84. The van der Waals surface area contributed by atoms with Gasteiger partial charge in [0.15, 0.2) is 0 Å². The zero-order chi connectivity index (χ0) is 13.1. The first-order chi connectivity index (χ1) is 9.33. The first-order valence-electron chi connectivity index (χ1n) is 6.79. The highest BCUT2D eigenvalue weighted by Gasteiger charge is 2.31. The lowest BCUT2D eigenvalue weighted by molar-refractivity contribution is -0.737. The van der Waals surface area contributed by atoms with Gasteiger partial charge < -0.3 is 5.32 Å². The molecule has 0 aromatic heterocycles. The lowest BCUT2D eigenvalue weighted by Crippen LogP contribution is -2.88. The molecule has 2 nitrogen and oxygen atoms in total. The van der Waals surface area contributed by atoms with E-state index in [9.17, 15) is 4.79 Å². The summed E-state index contributed by atoms with van der Waals surface area (Å²) in [5.74, 6) is 0.366. The van der Waals surface area contributed by atoms with Crippen LogP contribution in [-0.4, -0.2) is 5.78 Å². The summed E-state index contributed by atoms with van der Waals surface area (Å²) in [4.78, 5) is 12.0. The van der Waals surface area contributed by atoms with Crippen molar-refractivity contribution in [3.8, 4) is 0 Å². The van der Waals surface area contributed by atoms with Crippen molar-refractivity contribution in [2.75, 3.05) is 0 Å². The molecule has 1 aliphatic rings. The first kappa shape index (κ1) is 12.1. The van der Waals surface area contributed by atoms with Gasteiger partial charge in [-0.25, -0.2) is 0 Å². The van der Waals surface area contributed by atoms with E-state index in [0.717, 1.165) is 0 Å². The number of hydrogen-bond acceptors (Lipinski definition) is 1. The molecule has 0 aliphatic carbocycles. The number of Topliss-reactive ketones (excluding diaryl/α,β-unsaturated/α-hetero) is 1. The van der Waals surface area contributed by atoms with Crippen LogP contribution in [0.1, 0.15) is 36.1 Å². The molecule has 1 saturated heterocycles. The highest BCUT2D eigenvalue weighted by atomic mass is 16.1. The largest absolute Gasteiger partial charge is 0.333 e. The third-order valence-electron chi connectivity index (χ3n) is 3.82. The predicted molar refractivity (Wildman–Crippen MR) is 74.5 cm³/mol. The minimum Gasteiger partial charge on any atom is -0.333 e. The number of hydrogen-bond donors (Lipinski definition) is 1. The van der Waals surface area contributed by atoms with E-state index in [1.807, 2.05) is 36.4 Å². The van der Waals surface area contributed by atoms with E-state index in [0.29, 0.717) is 18.6 Å². The molecule has 2 heteroatoms. The molecular weight excluding hydrogens is 234 g/mol. The predicted octanol–water partition coefficient (Wildman–Crippen LogP) is 2.40. The van der Waals surface area contributed by atoms with Gasteiger partial charge in [0, 0.05) is 11.1 Å². The SMILES string of the molecule is O=C1C[C@@H](c2ccccc2)[NH2+][C@H](c2ccccc2)C1. The quantitative estimate of drug-likeness (QED) is 0.875. The van der Waals surface area contributed by atoms with Crippen LogP contribution in [0.3, 0.4) is 0 Å². The van der Waals surface area contributed by atoms with Crippen molar-refractivity contribution in [1.82, 2.24) is 0 Å². The van der Waals surface area contributed by atoms with E-state index in [-0.39, 0.29) is 12.1 Å². The van der Waals surface area contributed by atoms with Gasteiger partial charge >= 0.3 is 0 Å². The average Bonchev–Trinajstić information content (AvgIpc) is 2.48. The summed E-state index contributed by atoms with van der Waals surface area (Å²) in [6, 6.07) is 21.2. The number of carbonyl (C=O) groups excluding carboxylic acids is 1. The average molecular weight is 252 g/mol. The second-order valence-corrected chi connectivity index (χ2v) is 5.17. The van der Waals surface area contributed by atoms with Crippen LogP contribution < -0.4 is 5.32 Å². The van der Waals surface area contributed by atoms with Crippen LogP contribution in [0.2, 0.25) is 0 Å². The van der Waals surface area contributed by atoms with E-state index in [1.165, 1.54) is 11.1 Å². The highest BCUT2D eigenvalue weighted by molar-refractivity contribution is 5.80. The van der Waals surface area contributed by atoms with Gasteiger partial charge in [0.2, 0.25) is 0 Å². The first-order valence-corrected chi connectivity index (χ1v) is 6.79. The maximum atomic E-state index is 12.0. The molecule has 1 aliphatic heterocycles. The van der Waals surface area contributed by atoms with Crippen molar-refractivity contribution in [3.05, 3.63) is 71.8 Å². The smallest absolute Gasteiger partial charge is 0.145 e. The number of benzene rings is 2. The molecule has 0 radical (unpaired) electrons. The van der Waals surface area contributed by atoms with Crippen LogP contribution in [0, 0.1) is 0 Å². The molecule has 0 amide bonds. The Morgan fingerprint density at radius 3 is 1.58 bits per heavy atom. The van der Waals surface area contributed by atoms with Crippen molar-refractivity contribution < 1.29 is 10.1 Å². The summed E-state index contributed by atoms with van der Waals surface area (Å²) in [5.41, 5.74) is 2.49. The summed E-state index contributed by atoms with van der Waals surface area (Å²) in [6.45, 7) is 0. The van der Waals surface area contributed by atoms with Crippen molar-refractivity contribution in [3.63, 3.8) is 0 Å². The number of carbonyl (C=O) groups is 1. The highest BCUT2D eigenvalue weighted by Crippen LogP contribution is 2.24. The zero-order valence-corrected chi connectivity index (χ0v) is 10.8. The van der Waals surface area contributed by atoms with Gasteiger partial charge in [0.25, 0.3) is 0 Å². The van der Waals surface area contributed by atoms with Crippen LogP contribution in [0.5, 0.6) is 0 Å². The Bertz CT molecular complexity index is 500. The lowest BCUT2D eigenvalue weighted by atomic mass is 9.89. The summed E-state index contributed by atoms with van der Waals surface area (Å²) < 4.78 is 0. The van der Waals surface area contributed by atoms with Crippen molar-refractivity contribution >= 4 is 5.78 Å². The maximum absolute atomic E-state index is 12.0. The third kappa shape index (κ3) is 2.74. The molecule has 0 bridgehead atoms. The molecule has 1 fully saturated rings. The maximum Gasteiger partial charge on any atom is 0.145 e. The van der Waals surface area contributed by atoms with E-state index >= 15 is 0 Å². The number of piperidine rings is 1. The minimum absolute atomic E-state index is 0.257. The molecule has 2 aromatic carbocycles. The molecule has 0 spiro atoms. The van der Waals surface area contributed by atoms with Crippen molar-refractivity contribution in [2.45, 2.75) is 24.9 Å². The fourth-order valence-corrected chi connectivity index (χ4v) is 2.85. The standard InChI is InChI=1S/C17H17NO/c19-15-11-16(13-7-3-1-4-8-13)18-17(12-15)14-9-5-2-6-10-14/h1-10,16-18H,11-12H2/p+1/t16-,17-/m0/s1. The number of rotatable bonds is 2. The van der Waals surface area contributed by atoms with Gasteiger partial charge in [-0.1, -0.05) is 60.7 Å². The molecule has 1 heterocycles. The van der Waals surface area contributed by atoms with E-state index < -0.39 is 0 Å². The Labute approximate surface area is 113 Å². The Hall–Kier alpha value is -1.93. The van der Waals surface area contributed by atoms with Crippen LogP contribution in [-0.2, 0) is 4.79 Å². The molecule has 2 aromatic rings. The Morgan fingerprint density at radius 1 is 0.737 bits per heavy atom.